The number of hydrogen-bond donors (Lipinski definition) is 1. The number of nitrogens with zero attached hydrogens (tertiary/aromatic N) is 3. The summed E-state index contributed by atoms with van der Waals surface area (Å²) in [6.07, 6.45) is 0. The molecule has 0 bridgehead atoms. The molecule has 0 fully saturated rings. The van der Waals surface area contributed by atoms with Crippen molar-refractivity contribution in [2.45, 2.75) is 31.8 Å². The van der Waals surface area contributed by atoms with Gasteiger partial charge in [-0.25, -0.2) is 18.4 Å². The SMILES string of the molecule is CC1(C)c2ccccc2Cn2nc(-c3cc(F)ccc3F)nc2[C@@H]1N. The summed E-state index contributed by atoms with van der Waals surface area (Å²) in [4.78, 5) is 4.46. The zero-order chi connectivity index (χ0) is 17.8. The molecular weight excluding hydrogens is 322 g/mol. The van der Waals surface area contributed by atoms with E-state index in [1.54, 1.807) is 4.68 Å². The van der Waals surface area contributed by atoms with Crippen molar-refractivity contribution in [2.75, 3.05) is 0 Å². The fourth-order valence-electron chi connectivity index (χ4n) is 3.42. The maximum atomic E-state index is 14.1. The minimum Gasteiger partial charge on any atom is -0.321 e. The van der Waals surface area contributed by atoms with Gasteiger partial charge in [0.2, 0.25) is 0 Å². The van der Waals surface area contributed by atoms with Crippen molar-refractivity contribution in [3.8, 4) is 11.4 Å². The third-order valence-electron chi connectivity index (χ3n) is 4.96. The number of hydrogen-bond acceptors (Lipinski definition) is 3. The van der Waals surface area contributed by atoms with Crippen molar-refractivity contribution >= 4 is 0 Å². The molecule has 4 rings (SSSR count). The second-order valence-corrected chi connectivity index (χ2v) is 6.93. The van der Waals surface area contributed by atoms with Crippen LogP contribution in [-0.4, -0.2) is 14.8 Å². The maximum Gasteiger partial charge on any atom is 0.184 e. The van der Waals surface area contributed by atoms with Crippen LogP contribution in [0.4, 0.5) is 8.78 Å². The van der Waals surface area contributed by atoms with Gasteiger partial charge in [-0.15, -0.1) is 0 Å². The molecule has 1 atom stereocenters. The zero-order valence-electron chi connectivity index (χ0n) is 14.0. The molecular formula is C19H18F2N4. The van der Waals surface area contributed by atoms with E-state index in [1.165, 1.54) is 0 Å². The van der Waals surface area contributed by atoms with E-state index in [0.29, 0.717) is 12.4 Å². The highest BCUT2D eigenvalue weighted by atomic mass is 19.1. The summed E-state index contributed by atoms with van der Waals surface area (Å²) in [5.74, 6) is -0.371. The smallest absolute Gasteiger partial charge is 0.184 e. The largest absolute Gasteiger partial charge is 0.321 e. The van der Waals surface area contributed by atoms with E-state index in [4.69, 9.17) is 5.73 Å². The van der Waals surface area contributed by atoms with E-state index in [2.05, 4.69) is 30.0 Å². The number of halogens is 2. The molecule has 1 aromatic heterocycles. The molecule has 6 heteroatoms. The van der Waals surface area contributed by atoms with Gasteiger partial charge in [0.1, 0.15) is 17.5 Å². The second-order valence-electron chi connectivity index (χ2n) is 6.93. The Balaban J connectivity index is 1.89. The fourth-order valence-corrected chi connectivity index (χ4v) is 3.42. The highest BCUT2D eigenvalue weighted by molar-refractivity contribution is 5.56. The summed E-state index contributed by atoms with van der Waals surface area (Å²) in [6, 6.07) is 10.9. The van der Waals surface area contributed by atoms with Crippen molar-refractivity contribution in [1.29, 1.82) is 0 Å². The zero-order valence-corrected chi connectivity index (χ0v) is 14.0. The molecule has 2 aromatic carbocycles. The number of rotatable bonds is 1. The van der Waals surface area contributed by atoms with Crippen molar-refractivity contribution < 1.29 is 8.78 Å². The van der Waals surface area contributed by atoms with Crippen molar-refractivity contribution in [1.82, 2.24) is 14.8 Å². The van der Waals surface area contributed by atoms with E-state index in [0.717, 1.165) is 29.3 Å². The van der Waals surface area contributed by atoms with E-state index in [-0.39, 0.29) is 16.8 Å². The van der Waals surface area contributed by atoms with E-state index in [9.17, 15) is 8.78 Å². The van der Waals surface area contributed by atoms with Gasteiger partial charge >= 0.3 is 0 Å². The van der Waals surface area contributed by atoms with Crippen LogP contribution in [0.1, 0.15) is 36.8 Å². The lowest BCUT2D eigenvalue weighted by atomic mass is 9.76. The van der Waals surface area contributed by atoms with Crippen LogP contribution in [0, 0.1) is 11.6 Å². The van der Waals surface area contributed by atoms with Crippen LogP contribution in [0.5, 0.6) is 0 Å². The summed E-state index contributed by atoms with van der Waals surface area (Å²) in [6.45, 7) is 4.61. The Morgan fingerprint density at radius 2 is 1.92 bits per heavy atom. The highest BCUT2D eigenvalue weighted by Crippen LogP contribution is 2.39. The van der Waals surface area contributed by atoms with Gasteiger partial charge in [0.25, 0.3) is 0 Å². The molecule has 0 spiro atoms. The molecule has 0 unspecified atom stereocenters. The van der Waals surface area contributed by atoms with Crippen molar-refractivity contribution in [3.05, 3.63) is 71.1 Å². The minimum atomic E-state index is -0.560. The van der Waals surface area contributed by atoms with Gasteiger partial charge in [-0.05, 0) is 29.3 Å². The number of benzene rings is 2. The van der Waals surface area contributed by atoms with Gasteiger partial charge in [0.15, 0.2) is 5.82 Å². The molecule has 0 saturated carbocycles. The van der Waals surface area contributed by atoms with Gasteiger partial charge in [0.05, 0.1) is 18.2 Å². The topological polar surface area (TPSA) is 56.7 Å². The monoisotopic (exact) mass is 340 g/mol. The molecule has 2 N–H and O–H groups in total. The summed E-state index contributed by atoms with van der Waals surface area (Å²) >= 11 is 0. The molecule has 25 heavy (non-hydrogen) atoms. The maximum absolute atomic E-state index is 14.1. The first-order valence-corrected chi connectivity index (χ1v) is 8.12. The van der Waals surface area contributed by atoms with Crippen LogP contribution in [-0.2, 0) is 12.0 Å². The van der Waals surface area contributed by atoms with Crippen LogP contribution in [0.2, 0.25) is 0 Å². The molecule has 0 radical (unpaired) electrons. The average molecular weight is 340 g/mol. The summed E-state index contributed by atoms with van der Waals surface area (Å²) in [5.41, 5.74) is 8.42. The Labute approximate surface area is 144 Å². The molecule has 1 aliphatic heterocycles. The number of aromatic nitrogens is 3. The van der Waals surface area contributed by atoms with Crippen LogP contribution in [0.25, 0.3) is 11.4 Å². The molecule has 2 heterocycles. The van der Waals surface area contributed by atoms with E-state index >= 15 is 0 Å². The lowest BCUT2D eigenvalue weighted by molar-refractivity contribution is 0.402. The normalized spacial score (nSPS) is 18.4. The van der Waals surface area contributed by atoms with Gasteiger partial charge in [-0.3, -0.25) is 0 Å². The van der Waals surface area contributed by atoms with E-state index in [1.807, 2.05) is 18.2 Å². The van der Waals surface area contributed by atoms with Gasteiger partial charge < -0.3 is 5.73 Å². The molecule has 3 aromatic rings. The summed E-state index contributed by atoms with van der Waals surface area (Å²) in [7, 11) is 0. The molecule has 0 aliphatic carbocycles. The first-order valence-electron chi connectivity index (χ1n) is 8.12. The number of nitrogens with two attached hydrogens (primary N) is 1. The first kappa shape index (κ1) is 15.9. The molecule has 1 aliphatic rings. The lowest BCUT2D eigenvalue weighted by Gasteiger charge is -2.30. The molecule has 0 saturated heterocycles. The second kappa shape index (κ2) is 5.46. The van der Waals surface area contributed by atoms with Crippen LogP contribution < -0.4 is 5.73 Å². The predicted octanol–water partition coefficient (Wildman–Crippen LogP) is 3.56. The fraction of sp³-hybridized carbons (Fsp3) is 0.263. The highest BCUT2D eigenvalue weighted by Gasteiger charge is 2.37. The average Bonchev–Trinajstić information content (AvgIpc) is 2.97. The lowest BCUT2D eigenvalue weighted by Crippen LogP contribution is -2.34. The van der Waals surface area contributed by atoms with E-state index < -0.39 is 17.7 Å². The van der Waals surface area contributed by atoms with Gasteiger partial charge in [-0.2, -0.15) is 5.10 Å². The summed E-state index contributed by atoms with van der Waals surface area (Å²) < 4.78 is 29.3. The Kier molecular flexibility index (Phi) is 3.47. The Morgan fingerprint density at radius 1 is 1.16 bits per heavy atom. The number of fused-ring (bicyclic) bond motifs is 2. The van der Waals surface area contributed by atoms with Crippen molar-refractivity contribution in [3.63, 3.8) is 0 Å². The Morgan fingerprint density at radius 3 is 2.72 bits per heavy atom. The molecule has 4 nitrogen and oxygen atoms in total. The van der Waals surface area contributed by atoms with Crippen molar-refractivity contribution in [2.24, 2.45) is 5.73 Å². The molecule has 128 valence electrons. The van der Waals surface area contributed by atoms with Crippen LogP contribution in [0.3, 0.4) is 0 Å². The first-order chi connectivity index (χ1) is 11.9. The predicted molar refractivity (Wildman–Crippen MR) is 90.9 cm³/mol. The molecule has 0 amide bonds. The van der Waals surface area contributed by atoms with Crippen LogP contribution in [0.15, 0.2) is 42.5 Å². The van der Waals surface area contributed by atoms with Gasteiger partial charge in [0, 0.05) is 5.41 Å². The standard InChI is InChI=1S/C19H18F2N4/c1-19(2)14-6-4-3-5-11(14)10-25-18(16(19)22)23-17(24-25)13-9-12(20)7-8-15(13)21/h3-9,16H,10,22H2,1-2H3/t16-/m0/s1. The third kappa shape index (κ3) is 2.44. The Bertz CT molecular complexity index is 962. The van der Waals surface area contributed by atoms with Gasteiger partial charge in [-0.1, -0.05) is 38.1 Å². The summed E-state index contributed by atoms with van der Waals surface area (Å²) in [5, 5.41) is 4.42. The van der Waals surface area contributed by atoms with Crippen LogP contribution >= 0.6 is 0 Å². The Hall–Kier alpha value is -2.60. The minimum absolute atomic E-state index is 0.0406. The third-order valence-corrected chi connectivity index (χ3v) is 4.96. The quantitative estimate of drug-likeness (QED) is 0.737.